The summed E-state index contributed by atoms with van der Waals surface area (Å²) in [6, 6.07) is 3.68. The van der Waals surface area contributed by atoms with E-state index in [-0.39, 0.29) is 5.91 Å². The average Bonchev–Trinajstić information content (AvgIpc) is 2.88. The molecule has 0 spiro atoms. The topological polar surface area (TPSA) is 45.2 Å². The highest BCUT2D eigenvalue weighted by molar-refractivity contribution is 9.10. The predicted octanol–water partition coefficient (Wildman–Crippen LogP) is 1.14. The zero-order chi connectivity index (χ0) is 11.8. The summed E-state index contributed by atoms with van der Waals surface area (Å²) in [6.07, 6.45) is 1.66. The SMILES string of the molecule is O=C(c1ncccc1Br)N1CC2CNCC2C1. The van der Waals surface area contributed by atoms with E-state index in [2.05, 4.69) is 26.2 Å². The Kier molecular flexibility index (Phi) is 2.88. The zero-order valence-electron chi connectivity index (χ0n) is 9.40. The number of aromatic nitrogens is 1. The van der Waals surface area contributed by atoms with Crippen molar-refractivity contribution in [3.63, 3.8) is 0 Å². The van der Waals surface area contributed by atoms with Crippen LogP contribution in [-0.4, -0.2) is 42.0 Å². The highest BCUT2D eigenvalue weighted by Crippen LogP contribution is 2.28. The number of hydrogen-bond acceptors (Lipinski definition) is 3. The van der Waals surface area contributed by atoms with Crippen molar-refractivity contribution in [3.8, 4) is 0 Å². The normalized spacial score (nSPS) is 27.2. The summed E-state index contributed by atoms with van der Waals surface area (Å²) in [5.74, 6) is 1.30. The van der Waals surface area contributed by atoms with E-state index in [0.29, 0.717) is 17.5 Å². The molecule has 5 heteroatoms. The van der Waals surface area contributed by atoms with Gasteiger partial charge in [-0.2, -0.15) is 0 Å². The number of amides is 1. The Morgan fingerprint density at radius 1 is 1.41 bits per heavy atom. The van der Waals surface area contributed by atoms with E-state index in [1.165, 1.54) is 0 Å². The van der Waals surface area contributed by atoms with Crippen LogP contribution in [0.3, 0.4) is 0 Å². The van der Waals surface area contributed by atoms with Crippen molar-refractivity contribution in [2.75, 3.05) is 26.2 Å². The molecule has 90 valence electrons. The molecule has 1 N–H and O–H groups in total. The molecule has 0 aliphatic carbocycles. The highest BCUT2D eigenvalue weighted by Gasteiger charge is 2.38. The fourth-order valence-corrected chi connectivity index (χ4v) is 3.14. The fourth-order valence-electron chi connectivity index (χ4n) is 2.71. The first-order chi connectivity index (χ1) is 8.25. The number of pyridine rings is 1. The zero-order valence-corrected chi connectivity index (χ0v) is 11.0. The lowest BCUT2D eigenvalue weighted by atomic mass is 10.0. The van der Waals surface area contributed by atoms with Crippen LogP contribution in [0.1, 0.15) is 10.5 Å². The third-order valence-electron chi connectivity index (χ3n) is 3.64. The first-order valence-electron chi connectivity index (χ1n) is 5.86. The highest BCUT2D eigenvalue weighted by atomic mass is 79.9. The van der Waals surface area contributed by atoms with Gasteiger partial charge in [0, 0.05) is 36.8 Å². The second-order valence-electron chi connectivity index (χ2n) is 4.72. The van der Waals surface area contributed by atoms with Gasteiger partial charge in [0.1, 0.15) is 5.69 Å². The van der Waals surface area contributed by atoms with Gasteiger partial charge in [-0.3, -0.25) is 4.79 Å². The second-order valence-corrected chi connectivity index (χ2v) is 5.58. The summed E-state index contributed by atoms with van der Waals surface area (Å²) >= 11 is 3.38. The van der Waals surface area contributed by atoms with Crippen LogP contribution in [0.4, 0.5) is 0 Å². The fraction of sp³-hybridized carbons (Fsp3) is 0.500. The van der Waals surface area contributed by atoms with Gasteiger partial charge in [-0.25, -0.2) is 4.98 Å². The molecule has 0 bridgehead atoms. The third-order valence-corrected chi connectivity index (χ3v) is 4.28. The number of fused-ring (bicyclic) bond motifs is 1. The minimum Gasteiger partial charge on any atom is -0.337 e. The quantitative estimate of drug-likeness (QED) is 0.845. The lowest BCUT2D eigenvalue weighted by Crippen LogP contribution is -2.32. The van der Waals surface area contributed by atoms with E-state index < -0.39 is 0 Å². The summed E-state index contributed by atoms with van der Waals surface area (Å²) in [4.78, 5) is 18.4. The van der Waals surface area contributed by atoms with Crippen molar-refractivity contribution in [3.05, 3.63) is 28.5 Å². The van der Waals surface area contributed by atoms with Gasteiger partial charge < -0.3 is 10.2 Å². The Bertz CT molecular complexity index is 439. The molecule has 1 aromatic rings. The van der Waals surface area contributed by atoms with Crippen LogP contribution in [0.15, 0.2) is 22.8 Å². The maximum absolute atomic E-state index is 12.3. The minimum absolute atomic E-state index is 0.0480. The van der Waals surface area contributed by atoms with Gasteiger partial charge >= 0.3 is 0 Å². The van der Waals surface area contributed by atoms with Crippen LogP contribution in [0.5, 0.6) is 0 Å². The first kappa shape index (κ1) is 11.2. The average molecular weight is 296 g/mol. The summed E-state index contributed by atoms with van der Waals surface area (Å²) in [7, 11) is 0. The number of nitrogens with one attached hydrogen (secondary N) is 1. The van der Waals surface area contributed by atoms with Crippen LogP contribution in [0, 0.1) is 11.8 Å². The molecule has 17 heavy (non-hydrogen) atoms. The lowest BCUT2D eigenvalue weighted by molar-refractivity contribution is 0.0775. The molecule has 1 amide bonds. The molecule has 2 aliphatic rings. The summed E-state index contributed by atoms with van der Waals surface area (Å²) in [5.41, 5.74) is 0.528. The molecule has 3 rings (SSSR count). The number of nitrogens with zero attached hydrogens (tertiary/aromatic N) is 2. The van der Waals surface area contributed by atoms with E-state index >= 15 is 0 Å². The van der Waals surface area contributed by atoms with E-state index in [9.17, 15) is 4.79 Å². The number of carbonyl (C=O) groups excluding carboxylic acids is 1. The van der Waals surface area contributed by atoms with Crippen molar-refractivity contribution in [1.82, 2.24) is 15.2 Å². The second kappa shape index (κ2) is 4.38. The monoisotopic (exact) mass is 295 g/mol. The Morgan fingerprint density at radius 2 is 2.12 bits per heavy atom. The van der Waals surface area contributed by atoms with Gasteiger partial charge in [-0.05, 0) is 39.9 Å². The van der Waals surface area contributed by atoms with Gasteiger partial charge in [0.05, 0.1) is 0 Å². The van der Waals surface area contributed by atoms with Crippen molar-refractivity contribution < 1.29 is 4.79 Å². The third kappa shape index (κ3) is 1.98. The molecule has 0 saturated carbocycles. The number of carbonyl (C=O) groups is 1. The molecule has 3 heterocycles. The van der Waals surface area contributed by atoms with Crippen LogP contribution in [-0.2, 0) is 0 Å². The molecular formula is C12H14BrN3O. The van der Waals surface area contributed by atoms with Crippen LogP contribution in [0.25, 0.3) is 0 Å². The van der Waals surface area contributed by atoms with E-state index in [0.717, 1.165) is 30.7 Å². The molecule has 0 radical (unpaired) electrons. The molecular weight excluding hydrogens is 282 g/mol. The van der Waals surface area contributed by atoms with E-state index in [1.54, 1.807) is 6.20 Å². The molecule has 4 nitrogen and oxygen atoms in total. The molecule has 1 aromatic heterocycles. The van der Waals surface area contributed by atoms with Crippen molar-refractivity contribution in [2.24, 2.45) is 11.8 Å². The van der Waals surface area contributed by atoms with Gasteiger partial charge in [0.25, 0.3) is 5.91 Å². The minimum atomic E-state index is 0.0480. The maximum Gasteiger partial charge on any atom is 0.273 e. The van der Waals surface area contributed by atoms with Crippen molar-refractivity contribution in [1.29, 1.82) is 0 Å². The van der Waals surface area contributed by atoms with Crippen LogP contribution < -0.4 is 5.32 Å². The Labute approximate surface area is 109 Å². The lowest BCUT2D eigenvalue weighted by Gasteiger charge is -2.17. The number of hydrogen-bond donors (Lipinski definition) is 1. The van der Waals surface area contributed by atoms with Crippen molar-refractivity contribution >= 4 is 21.8 Å². The maximum atomic E-state index is 12.3. The standard InChI is InChI=1S/C12H14BrN3O/c13-10-2-1-3-15-11(10)12(17)16-6-8-4-14-5-9(8)7-16/h1-3,8-9,14H,4-7H2. The molecule has 0 aromatic carbocycles. The van der Waals surface area contributed by atoms with Crippen LogP contribution >= 0.6 is 15.9 Å². The number of halogens is 1. The molecule has 2 atom stereocenters. The van der Waals surface area contributed by atoms with Gasteiger partial charge in [0.15, 0.2) is 0 Å². The molecule has 2 saturated heterocycles. The smallest absolute Gasteiger partial charge is 0.273 e. The van der Waals surface area contributed by atoms with E-state index in [4.69, 9.17) is 0 Å². The van der Waals surface area contributed by atoms with E-state index in [1.807, 2.05) is 17.0 Å². The first-order valence-corrected chi connectivity index (χ1v) is 6.65. The molecule has 2 fully saturated rings. The van der Waals surface area contributed by atoms with Gasteiger partial charge in [-0.15, -0.1) is 0 Å². The summed E-state index contributed by atoms with van der Waals surface area (Å²) < 4.78 is 0.778. The predicted molar refractivity (Wildman–Crippen MR) is 67.7 cm³/mol. The van der Waals surface area contributed by atoms with Gasteiger partial charge in [-0.1, -0.05) is 0 Å². The van der Waals surface area contributed by atoms with Crippen LogP contribution in [0.2, 0.25) is 0 Å². The summed E-state index contributed by atoms with van der Waals surface area (Å²) in [5, 5.41) is 3.37. The Morgan fingerprint density at radius 3 is 2.76 bits per heavy atom. The summed E-state index contributed by atoms with van der Waals surface area (Å²) in [6.45, 7) is 3.80. The number of rotatable bonds is 1. The number of likely N-dealkylation sites (tertiary alicyclic amines) is 1. The van der Waals surface area contributed by atoms with Gasteiger partial charge in [0.2, 0.25) is 0 Å². The molecule has 2 unspecified atom stereocenters. The van der Waals surface area contributed by atoms with Crippen molar-refractivity contribution in [2.45, 2.75) is 0 Å². The molecule has 2 aliphatic heterocycles. The largest absolute Gasteiger partial charge is 0.337 e. The Hall–Kier alpha value is -0.940. The Balaban J connectivity index is 1.78.